The van der Waals surface area contributed by atoms with E-state index in [4.69, 9.17) is 5.26 Å². The molecule has 6 nitrogen and oxygen atoms in total. The predicted molar refractivity (Wildman–Crippen MR) is 97.2 cm³/mol. The number of pyridine rings is 1. The molecule has 0 aliphatic carbocycles. The number of nitrogens with zero attached hydrogens (tertiary/aromatic N) is 4. The van der Waals surface area contributed by atoms with Crippen molar-refractivity contribution in [3.05, 3.63) is 23.9 Å². The lowest BCUT2D eigenvalue weighted by molar-refractivity contribution is -0.125. The van der Waals surface area contributed by atoms with Gasteiger partial charge in [0.05, 0.1) is 5.56 Å². The molecule has 134 valence electrons. The van der Waals surface area contributed by atoms with Gasteiger partial charge in [-0.05, 0) is 50.9 Å². The summed E-state index contributed by atoms with van der Waals surface area (Å²) in [6, 6.07) is 5.76. The van der Waals surface area contributed by atoms with Crippen LogP contribution in [-0.2, 0) is 4.79 Å². The SMILES string of the molecule is N#Cc1ccc(N2CCC(C(=O)NCCN3CCCCC3)CC2)nc1. The van der Waals surface area contributed by atoms with Crippen LogP contribution in [0.1, 0.15) is 37.7 Å². The van der Waals surface area contributed by atoms with Crippen LogP contribution in [0.4, 0.5) is 5.82 Å². The monoisotopic (exact) mass is 341 g/mol. The van der Waals surface area contributed by atoms with Crippen LogP contribution in [0.15, 0.2) is 18.3 Å². The summed E-state index contributed by atoms with van der Waals surface area (Å²) < 4.78 is 0. The summed E-state index contributed by atoms with van der Waals surface area (Å²) in [7, 11) is 0. The van der Waals surface area contributed by atoms with E-state index in [0.29, 0.717) is 5.56 Å². The average molecular weight is 341 g/mol. The molecule has 3 heterocycles. The molecule has 0 atom stereocenters. The molecule has 1 aromatic rings. The van der Waals surface area contributed by atoms with E-state index in [0.717, 1.165) is 44.8 Å². The van der Waals surface area contributed by atoms with Crippen LogP contribution >= 0.6 is 0 Å². The molecule has 1 N–H and O–H groups in total. The summed E-state index contributed by atoms with van der Waals surface area (Å²) >= 11 is 0. The zero-order valence-electron chi connectivity index (χ0n) is 14.8. The molecule has 2 saturated heterocycles. The number of carbonyl (C=O) groups is 1. The summed E-state index contributed by atoms with van der Waals surface area (Å²) in [5.74, 6) is 1.20. The van der Waals surface area contributed by atoms with Gasteiger partial charge in [0.15, 0.2) is 0 Å². The highest BCUT2D eigenvalue weighted by atomic mass is 16.1. The summed E-state index contributed by atoms with van der Waals surface area (Å²) in [5, 5.41) is 12.0. The molecular formula is C19H27N5O. The second-order valence-corrected chi connectivity index (χ2v) is 6.97. The normalized spacial score (nSPS) is 19.4. The van der Waals surface area contributed by atoms with Crippen molar-refractivity contribution < 1.29 is 4.79 Å². The van der Waals surface area contributed by atoms with Crippen LogP contribution in [0, 0.1) is 17.2 Å². The van der Waals surface area contributed by atoms with Crippen LogP contribution < -0.4 is 10.2 Å². The van der Waals surface area contributed by atoms with Gasteiger partial charge in [-0.15, -0.1) is 0 Å². The van der Waals surface area contributed by atoms with Gasteiger partial charge in [-0.25, -0.2) is 4.98 Å². The summed E-state index contributed by atoms with van der Waals surface area (Å²) in [4.78, 5) is 21.3. The van der Waals surface area contributed by atoms with Gasteiger partial charge < -0.3 is 15.1 Å². The molecule has 0 saturated carbocycles. The summed E-state index contributed by atoms with van der Waals surface area (Å²) in [6.07, 6.45) is 7.24. The molecule has 2 aliphatic rings. The van der Waals surface area contributed by atoms with E-state index < -0.39 is 0 Å². The fourth-order valence-corrected chi connectivity index (χ4v) is 3.67. The Morgan fingerprint density at radius 3 is 2.60 bits per heavy atom. The van der Waals surface area contributed by atoms with Gasteiger partial charge in [-0.1, -0.05) is 6.42 Å². The lowest BCUT2D eigenvalue weighted by Gasteiger charge is -2.32. The fraction of sp³-hybridized carbons (Fsp3) is 0.632. The van der Waals surface area contributed by atoms with Crippen molar-refractivity contribution in [1.82, 2.24) is 15.2 Å². The molecule has 3 rings (SSSR count). The highest BCUT2D eigenvalue weighted by Crippen LogP contribution is 2.22. The number of anilines is 1. The van der Waals surface area contributed by atoms with Gasteiger partial charge in [0, 0.05) is 38.3 Å². The number of nitrogens with one attached hydrogen (secondary N) is 1. The molecule has 0 radical (unpaired) electrons. The maximum absolute atomic E-state index is 12.4. The first kappa shape index (κ1) is 17.7. The molecule has 0 spiro atoms. The number of hydrogen-bond donors (Lipinski definition) is 1. The number of aromatic nitrogens is 1. The van der Waals surface area contributed by atoms with E-state index in [1.54, 1.807) is 12.3 Å². The summed E-state index contributed by atoms with van der Waals surface area (Å²) in [6.45, 7) is 5.75. The number of nitriles is 1. The average Bonchev–Trinajstić information content (AvgIpc) is 2.69. The zero-order valence-corrected chi connectivity index (χ0v) is 14.8. The van der Waals surface area contributed by atoms with E-state index >= 15 is 0 Å². The number of amides is 1. The molecule has 6 heteroatoms. The maximum atomic E-state index is 12.4. The number of rotatable bonds is 5. The van der Waals surface area contributed by atoms with Crippen molar-refractivity contribution in [3.63, 3.8) is 0 Å². The van der Waals surface area contributed by atoms with Crippen molar-refractivity contribution in [2.24, 2.45) is 5.92 Å². The van der Waals surface area contributed by atoms with Crippen molar-refractivity contribution >= 4 is 11.7 Å². The number of piperidine rings is 2. The third-order valence-electron chi connectivity index (χ3n) is 5.24. The van der Waals surface area contributed by atoms with E-state index in [9.17, 15) is 4.79 Å². The van der Waals surface area contributed by atoms with E-state index in [1.807, 2.05) is 6.07 Å². The smallest absolute Gasteiger partial charge is 0.223 e. The first-order valence-electron chi connectivity index (χ1n) is 9.37. The lowest BCUT2D eigenvalue weighted by atomic mass is 9.96. The largest absolute Gasteiger partial charge is 0.357 e. The molecule has 2 fully saturated rings. The zero-order chi connectivity index (χ0) is 17.5. The highest BCUT2D eigenvalue weighted by Gasteiger charge is 2.25. The Bertz CT molecular complexity index is 595. The molecule has 2 aliphatic heterocycles. The Balaban J connectivity index is 1.39. The molecule has 0 bridgehead atoms. The fourth-order valence-electron chi connectivity index (χ4n) is 3.67. The standard InChI is InChI=1S/C19H27N5O/c20-14-16-4-5-18(22-15-16)24-11-6-17(7-12-24)19(25)21-8-13-23-9-2-1-3-10-23/h4-5,15,17H,1-3,6-13H2,(H,21,25). The molecule has 0 unspecified atom stereocenters. The Morgan fingerprint density at radius 1 is 1.20 bits per heavy atom. The minimum Gasteiger partial charge on any atom is -0.357 e. The van der Waals surface area contributed by atoms with Crippen molar-refractivity contribution in [2.75, 3.05) is 44.2 Å². The number of hydrogen-bond acceptors (Lipinski definition) is 5. The van der Waals surface area contributed by atoms with Gasteiger partial charge >= 0.3 is 0 Å². The minimum absolute atomic E-state index is 0.107. The Hall–Kier alpha value is -2.13. The minimum atomic E-state index is 0.107. The van der Waals surface area contributed by atoms with Gasteiger partial charge in [0.25, 0.3) is 0 Å². The van der Waals surface area contributed by atoms with Crippen molar-refractivity contribution in [2.45, 2.75) is 32.1 Å². The quantitative estimate of drug-likeness (QED) is 0.884. The molecular weight excluding hydrogens is 314 g/mol. The van der Waals surface area contributed by atoms with Crippen LogP contribution in [0.5, 0.6) is 0 Å². The number of carbonyl (C=O) groups excluding carboxylic acids is 1. The Labute approximate surface area is 149 Å². The van der Waals surface area contributed by atoms with Gasteiger partial charge in [0.1, 0.15) is 11.9 Å². The van der Waals surface area contributed by atoms with Crippen molar-refractivity contribution in [1.29, 1.82) is 5.26 Å². The molecule has 1 aromatic heterocycles. The van der Waals surface area contributed by atoms with Crippen LogP contribution in [-0.4, -0.2) is 55.1 Å². The summed E-state index contributed by atoms with van der Waals surface area (Å²) in [5.41, 5.74) is 0.576. The van der Waals surface area contributed by atoms with E-state index in [-0.39, 0.29) is 11.8 Å². The topological polar surface area (TPSA) is 72.3 Å². The van der Waals surface area contributed by atoms with Gasteiger partial charge in [-0.2, -0.15) is 5.26 Å². The molecule has 25 heavy (non-hydrogen) atoms. The van der Waals surface area contributed by atoms with E-state index in [1.165, 1.54) is 32.4 Å². The van der Waals surface area contributed by atoms with Crippen LogP contribution in [0.3, 0.4) is 0 Å². The number of likely N-dealkylation sites (tertiary alicyclic amines) is 1. The van der Waals surface area contributed by atoms with Gasteiger partial charge in [-0.3, -0.25) is 4.79 Å². The first-order chi connectivity index (χ1) is 12.3. The van der Waals surface area contributed by atoms with E-state index in [2.05, 4.69) is 26.2 Å². The lowest BCUT2D eigenvalue weighted by Crippen LogP contribution is -2.43. The maximum Gasteiger partial charge on any atom is 0.223 e. The third kappa shape index (κ3) is 4.93. The van der Waals surface area contributed by atoms with Crippen LogP contribution in [0.25, 0.3) is 0 Å². The second kappa shape index (κ2) is 8.82. The third-order valence-corrected chi connectivity index (χ3v) is 5.24. The first-order valence-corrected chi connectivity index (χ1v) is 9.37. The van der Waals surface area contributed by atoms with Crippen molar-refractivity contribution in [3.8, 4) is 6.07 Å². The Morgan fingerprint density at radius 2 is 1.96 bits per heavy atom. The molecule has 0 aromatic carbocycles. The second-order valence-electron chi connectivity index (χ2n) is 6.97. The highest BCUT2D eigenvalue weighted by molar-refractivity contribution is 5.78. The van der Waals surface area contributed by atoms with Crippen LogP contribution in [0.2, 0.25) is 0 Å². The molecule has 1 amide bonds. The van der Waals surface area contributed by atoms with Gasteiger partial charge in [0.2, 0.25) is 5.91 Å². The predicted octanol–water partition coefficient (Wildman–Crippen LogP) is 1.77. The Kier molecular flexibility index (Phi) is 6.24.